The fourth-order valence-electron chi connectivity index (χ4n) is 2.51. The average molecular weight is 394 g/mol. The number of benzene rings is 2. The molecule has 0 saturated heterocycles. The summed E-state index contributed by atoms with van der Waals surface area (Å²) in [6.45, 7) is 1.03. The molecule has 26 heavy (non-hydrogen) atoms. The Kier molecular flexibility index (Phi) is 9.31. The van der Waals surface area contributed by atoms with Crippen molar-refractivity contribution in [3.8, 4) is 0 Å². The van der Waals surface area contributed by atoms with Crippen LogP contribution in [0.4, 0.5) is 11.4 Å². The molecule has 2 rings (SSSR count). The topological polar surface area (TPSA) is 67.1 Å². The lowest BCUT2D eigenvalue weighted by molar-refractivity contribution is -0.829. The van der Waals surface area contributed by atoms with Crippen molar-refractivity contribution in [2.75, 3.05) is 38.8 Å². The molecule has 0 fully saturated rings. The summed E-state index contributed by atoms with van der Waals surface area (Å²) >= 11 is 3.12. The van der Waals surface area contributed by atoms with Gasteiger partial charge in [0, 0.05) is 27.7 Å². The molecule has 0 unspecified atom stereocenters. The van der Waals surface area contributed by atoms with E-state index >= 15 is 0 Å². The Balaban J connectivity index is 2.09. The van der Waals surface area contributed by atoms with Gasteiger partial charge in [-0.25, -0.2) is 4.84 Å². The van der Waals surface area contributed by atoms with Gasteiger partial charge in [-0.05, 0) is 63.3 Å². The van der Waals surface area contributed by atoms with Crippen LogP contribution in [0.1, 0.15) is 6.42 Å². The Morgan fingerprint density at radius 3 is 2.58 bits per heavy atom. The molecule has 7 heteroatoms. The standard InChI is InChI=1S/C19H28N4OS2/c1-23(2)12-11-15(14-25-16-7-5-4-6-8-16)21-18-10-9-17(26-20)13-19(18)22-24-3/h4-10,13,15,21-22H,11-12,14,20H2,1-3H3/p+1/t15-/m1/s1. The summed E-state index contributed by atoms with van der Waals surface area (Å²) in [6.07, 6.45) is 1.06. The van der Waals surface area contributed by atoms with Gasteiger partial charge in [0.2, 0.25) is 0 Å². The van der Waals surface area contributed by atoms with Crippen LogP contribution in [0.2, 0.25) is 0 Å². The van der Waals surface area contributed by atoms with Crippen molar-refractivity contribution in [1.29, 1.82) is 0 Å². The zero-order chi connectivity index (χ0) is 18.8. The number of hydrogen-bond acceptors (Lipinski definition) is 6. The summed E-state index contributed by atoms with van der Waals surface area (Å²) < 4.78 is 0. The summed E-state index contributed by atoms with van der Waals surface area (Å²) in [5.41, 5.74) is 3.85. The quantitative estimate of drug-likeness (QED) is 0.236. The van der Waals surface area contributed by atoms with Gasteiger partial charge in [-0.2, -0.15) is 5.48 Å². The lowest BCUT2D eigenvalue weighted by Crippen LogP contribution is -2.76. The third-order valence-corrected chi connectivity index (χ3v) is 5.58. The number of anilines is 1. The van der Waals surface area contributed by atoms with E-state index in [1.165, 1.54) is 16.8 Å². The molecular formula is C19H29N4OS2+. The monoisotopic (exact) mass is 393 g/mol. The molecule has 0 aliphatic heterocycles. The second-order valence-electron chi connectivity index (χ2n) is 6.28. The van der Waals surface area contributed by atoms with Crippen LogP contribution < -0.4 is 15.9 Å². The molecule has 0 bridgehead atoms. The van der Waals surface area contributed by atoms with Crippen LogP contribution in [0, 0.1) is 0 Å². The van der Waals surface area contributed by atoms with E-state index in [2.05, 4.69) is 60.7 Å². The molecule has 0 heterocycles. The van der Waals surface area contributed by atoms with Gasteiger partial charge in [-0.1, -0.05) is 18.2 Å². The molecule has 0 aliphatic rings. The van der Waals surface area contributed by atoms with Crippen LogP contribution in [0.3, 0.4) is 0 Å². The van der Waals surface area contributed by atoms with Gasteiger partial charge in [0.1, 0.15) is 0 Å². The molecule has 0 aromatic heterocycles. The Morgan fingerprint density at radius 2 is 1.92 bits per heavy atom. The van der Waals surface area contributed by atoms with Crippen molar-refractivity contribution in [3.05, 3.63) is 48.5 Å². The van der Waals surface area contributed by atoms with Gasteiger partial charge in [-0.3, -0.25) is 5.14 Å². The molecule has 0 radical (unpaired) electrons. The molecule has 0 spiro atoms. The maximum Gasteiger partial charge on any atom is 0.186 e. The van der Waals surface area contributed by atoms with Crippen LogP contribution >= 0.6 is 23.7 Å². The van der Waals surface area contributed by atoms with E-state index in [1.54, 1.807) is 12.6 Å². The minimum atomic E-state index is 0.350. The number of quaternary nitrogens is 1. The molecule has 0 aliphatic carbocycles. The third-order valence-electron chi connectivity index (χ3n) is 3.88. The highest BCUT2D eigenvalue weighted by molar-refractivity contribution is 7.99. The highest BCUT2D eigenvalue weighted by atomic mass is 32.2. The minimum absolute atomic E-state index is 0.350. The molecule has 2 aromatic rings. The third kappa shape index (κ3) is 7.19. The van der Waals surface area contributed by atoms with E-state index in [0.717, 1.165) is 35.0 Å². The molecule has 2 aromatic carbocycles. The van der Waals surface area contributed by atoms with Crippen molar-refractivity contribution in [3.63, 3.8) is 0 Å². The predicted octanol–water partition coefficient (Wildman–Crippen LogP) is 2.93. The van der Waals surface area contributed by atoms with Crippen molar-refractivity contribution in [1.82, 2.24) is 4.90 Å². The van der Waals surface area contributed by atoms with Crippen molar-refractivity contribution in [2.45, 2.75) is 22.3 Å². The number of nitrogens with one attached hydrogen (secondary N) is 1. The summed E-state index contributed by atoms with van der Waals surface area (Å²) in [4.78, 5) is 9.78. The van der Waals surface area contributed by atoms with Crippen LogP contribution in [-0.4, -0.2) is 44.4 Å². The first-order chi connectivity index (χ1) is 12.6. The number of nitrogens with two attached hydrogens (primary N) is 2. The summed E-state index contributed by atoms with van der Waals surface area (Å²) in [5.74, 6) is 0.998. The van der Waals surface area contributed by atoms with E-state index in [0.29, 0.717) is 6.04 Å². The van der Waals surface area contributed by atoms with Gasteiger partial charge < -0.3 is 10.2 Å². The smallest absolute Gasteiger partial charge is 0.186 e. The highest BCUT2D eigenvalue weighted by Gasteiger charge is 2.15. The number of rotatable bonds is 11. The molecule has 5 nitrogen and oxygen atoms in total. The summed E-state index contributed by atoms with van der Waals surface area (Å²) in [5, 5.41) is 9.39. The fourth-order valence-corrected chi connectivity index (χ4v) is 3.85. The molecule has 0 saturated carbocycles. The largest absolute Gasteiger partial charge is 0.377 e. The minimum Gasteiger partial charge on any atom is -0.377 e. The first kappa shape index (κ1) is 21.1. The Labute approximate surface area is 165 Å². The fraction of sp³-hybridized carbons (Fsp3) is 0.368. The highest BCUT2D eigenvalue weighted by Crippen LogP contribution is 2.26. The molecule has 142 valence electrons. The number of nitrogens with zero attached hydrogens (tertiary/aromatic N) is 1. The Bertz CT molecular complexity index is 655. The predicted molar refractivity (Wildman–Crippen MR) is 113 cm³/mol. The molecule has 1 atom stereocenters. The van der Waals surface area contributed by atoms with E-state index < -0.39 is 0 Å². The molecular weight excluding hydrogens is 364 g/mol. The van der Waals surface area contributed by atoms with Crippen molar-refractivity contribution >= 4 is 35.1 Å². The summed E-state index contributed by atoms with van der Waals surface area (Å²) in [6, 6.07) is 17.0. The zero-order valence-electron chi connectivity index (χ0n) is 15.6. The Morgan fingerprint density at radius 1 is 1.15 bits per heavy atom. The zero-order valence-corrected chi connectivity index (χ0v) is 17.3. The maximum absolute atomic E-state index is 5.69. The lowest BCUT2D eigenvalue weighted by atomic mass is 10.2. The van der Waals surface area contributed by atoms with Crippen LogP contribution in [0.25, 0.3) is 0 Å². The van der Waals surface area contributed by atoms with Crippen LogP contribution in [0.15, 0.2) is 58.3 Å². The Hall–Kier alpha value is -1.22. The van der Waals surface area contributed by atoms with Gasteiger partial charge in [0.25, 0.3) is 0 Å². The maximum atomic E-state index is 5.69. The van der Waals surface area contributed by atoms with Crippen molar-refractivity contribution < 1.29 is 10.3 Å². The van der Waals surface area contributed by atoms with Gasteiger partial charge in [0.15, 0.2) is 5.69 Å². The molecule has 0 amide bonds. The molecule has 5 N–H and O–H groups in total. The first-order valence-corrected chi connectivity index (χ1v) is 10.4. The van der Waals surface area contributed by atoms with Gasteiger partial charge in [-0.15, -0.1) is 11.8 Å². The SMILES string of the molecule is CO[NH2+]c1cc(SN)ccc1N[C@H](CCN(C)C)CSc1ccccc1. The lowest BCUT2D eigenvalue weighted by Gasteiger charge is -2.22. The van der Waals surface area contributed by atoms with E-state index in [1.807, 2.05) is 23.9 Å². The van der Waals surface area contributed by atoms with Gasteiger partial charge in [0.05, 0.1) is 12.8 Å². The van der Waals surface area contributed by atoms with Crippen LogP contribution in [0.5, 0.6) is 0 Å². The normalized spacial score (nSPS) is 12.3. The van der Waals surface area contributed by atoms with Crippen LogP contribution in [-0.2, 0) is 4.84 Å². The van der Waals surface area contributed by atoms with E-state index in [-0.39, 0.29) is 0 Å². The van der Waals surface area contributed by atoms with Gasteiger partial charge >= 0.3 is 0 Å². The van der Waals surface area contributed by atoms with Crippen molar-refractivity contribution in [2.24, 2.45) is 5.14 Å². The average Bonchev–Trinajstić information content (AvgIpc) is 2.66. The van der Waals surface area contributed by atoms with E-state index in [9.17, 15) is 0 Å². The second kappa shape index (κ2) is 11.5. The summed E-state index contributed by atoms with van der Waals surface area (Å²) in [7, 11) is 5.89. The second-order valence-corrected chi connectivity index (χ2v) is 8.08. The number of hydrogen-bond donors (Lipinski definition) is 3. The first-order valence-electron chi connectivity index (χ1n) is 8.58. The van der Waals surface area contributed by atoms with E-state index in [4.69, 9.17) is 9.98 Å². The number of thioether (sulfide) groups is 1.